The Morgan fingerprint density at radius 2 is 2.09 bits per heavy atom. The first-order valence-electron chi connectivity index (χ1n) is 5.81. The molecule has 1 aromatic rings. The first-order chi connectivity index (χ1) is 10.2. The van der Waals surface area contributed by atoms with Crippen LogP contribution in [0.15, 0.2) is 12.1 Å². The van der Waals surface area contributed by atoms with Crippen LogP contribution < -0.4 is 4.74 Å². The number of halogens is 3. The summed E-state index contributed by atoms with van der Waals surface area (Å²) < 4.78 is 45.5. The third-order valence-corrected chi connectivity index (χ3v) is 2.40. The van der Waals surface area contributed by atoms with Crippen molar-refractivity contribution in [3.63, 3.8) is 0 Å². The zero-order valence-corrected chi connectivity index (χ0v) is 11.1. The fourth-order valence-electron chi connectivity index (χ4n) is 1.63. The van der Waals surface area contributed by atoms with E-state index in [1.807, 2.05) is 0 Å². The lowest BCUT2D eigenvalue weighted by molar-refractivity contribution is -0.388. The van der Waals surface area contributed by atoms with E-state index >= 15 is 0 Å². The van der Waals surface area contributed by atoms with Gasteiger partial charge in [0.15, 0.2) is 0 Å². The smallest absolute Gasteiger partial charge is 0.466 e. The van der Waals surface area contributed by atoms with E-state index in [1.165, 1.54) is 6.92 Å². The molecular weight excluding hydrogens is 309 g/mol. The van der Waals surface area contributed by atoms with E-state index in [4.69, 9.17) is 5.26 Å². The molecule has 0 bridgehead atoms. The van der Waals surface area contributed by atoms with Crippen LogP contribution in [0.3, 0.4) is 0 Å². The third-order valence-electron chi connectivity index (χ3n) is 2.40. The molecular formula is C12H9F3N2O5. The maximum absolute atomic E-state index is 12.4. The Labute approximate surface area is 122 Å². The lowest BCUT2D eigenvalue weighted by Gasteiger charge is -2.14. The van der Waals surface area contributed by atoms with Crippen molar-refractivity contribution in [2.75, 3.05) is 6.61 Å². The second-order valence-electron chi connectivity index (χ2n) is 3.84. The van der Waals surface area contributed by atoms with Crippen LogP contribution in [0.2, 0.25) is 0 Å². The van der Waals surface area contributed by atoms with Crippen LogP contribution >= 0.6 is 0 Å². The Balaban J connectivity index is 3.46. The number of nitro groups is 1. The summed E-state index contributed by atoms with van der Waals surface area (Å²) in [5.41, 5.74) is -1.90. The molecule has 0 fully saturated rings. The number of benzene rings is 1. The number of hydrogen-bond acceptors (Lipinski definition) is 6. The van der Waals surface area contributed by atoms with Crippen molar-refractivity contribution in [3.05, 3.63) is 33.4 Å². The van der Waals surface area contributed by atoms with Gasteiger partial charge in [0.2, 0.25) is 5.75 Å². The molecule has 0 aromatic heterocycles. The Morgan fingerprint density at radius 3 is 2.55 bits per heavy atom. The van der Waals surface area contributed by atoms with Gasteiger partial charge in [0.25, 0.3) is 0 Å². The van der Waals surface area contributed by atoms with Crippen LogP contribution in [-0.4, -0.2) is 23.9 Å². The number of ether oxygens (including phenoxy) is 2. The fraction of sp³-hybridized carbons (Fsp3) is 0.333. The van der Waals surface area contributed by atoms with E-state index < -0.39 is 40.7 Å². The number of nitrogens with zero attached hydrogens (tertiary/aromatic N) is 2. The summed E-state index contributed by atoms with van der Waals surface area (Å²) in [6.07, 6.45) is -5.98. The second-order valence-corrected chi connectivity index (χ2v) is 3.84. The summed E-state index contributed by atoms with van der Waals surface area (Å²) >= 11 is 0. The summed E-state index contributed by atoms with van der Waals surface area (Å²) in [5.74, 6) is -2.13. The molecule has 0 saturated carbocycles. The van der Waals surface area contributed by atoms with Gasteiger partial charge in [-0.15, -0.1) is 13.2 Å². The number of carbonyl (C=O) groups excluding carboxylic acids is 1. The van der Waals surface area contributed by atoms with Crippen LogP contribution in [0.5, 0.6) is 5.75 Å². The van der Waals surface area contributed by atoms with Crippen molar-refractivity contribution < 1.29 is 32.4 Å². The summed E-state index contributed by atoms with van der Waals surface area (Å²) in [4.78, 5) is 21.2. The summed E-state index contributed by atoms with van der Waals surface area (Å²) in [6.45, 7) is 1.44. The van der Waals surface area contributed by atoms with E-state index in [0.717, 1.165) is 6.07 Å². The molecule has 0 N–H and O–H groups in total. The summed E-state index contributed by atoms with van der Waals surface area (Å²) in [6, 6.07) is 3.20. The molecule has 1 aromatic carbocycles. The Kier molecular flexibility index (Phi) is 5.28. The van der Waals surface area contributed by atoms with Crippen molar-refractivity contribution >= 4 is 11.7 Å². The molecule has 0 radical (unpaired) electrons. The van der Waals surface area contributed by atoms with Crippen molar-refractivity contribution in [3.8, 4) is 11.8 Å². The zero-order valence-electron chi connectivity index (χ0n) is 11.1. The van der Waals surface area contributed by atoms with E-state index in [9.17, 15) is 28.1 Å². The first kappa shape index (κ1) is 17.2. The topological polar surface area (TPSA) is 102 Å². The molecule has 0 spiro atoms. The normalized spacial score (nSPS) is 10.7. The number of nitro benzene ring substituents is 1. The van der Waals surface area contributed by atoms with Gasteiger partial charge in [-0.05, 0) is 13.0 Å². The predicted molar refractivity (Wildman–Crippen MR) is 64.8 cm³/mol. The van der Waals surface area contributed by atoms with E-state index in [2.05, 4.69) is 9.47 Å². The standard InChI is InChI=1S/C12H9F3N2O5/c1-2-21-10(18)5-8-7(6-16)3-4-9(17(19)20)11(8)22-12(13,14)15/h3-4H,2,5H2,1H3. The summed E-state index contributed by atoms with van der Waals surface area (Å²) in [5, 5.41) is 19.7. The highest BCUT2D eigenvalue weighted by atomic mass is 19.4. The lowest BCUT2D eigenvalue weighted by atomic mass is 10.0. The minimum Gasteiger partial charge on any atom is -0.466 e. The quantitative estimate of drug-likeness (QED) is 0.469. The van der Waals surface area contributed by atoms with Gasteiger partial charge in [0.05, 0.1) is 29.6 Å². The number of hydrogen-bond donors (Lipinski definition) is 0. The summed E-state index contributed by atoms with van der Waals surface area (Å²) in [7, 11) is 0. The maximum atomic E-state index is 12.4. The molecule has 0 aliphatic heterocycles. The fourth-order valence-corrected chi connectivity index (χ4v) is 1.63. The average Bonchev–Trinajstić information content (AvgIpc) is 2.38. The van der Waals surface area contributed by atoms with Gasteiger partial charge in [-0.25, -0.2) is 0 Å². The molecule has 22 heavy (non-hydrogen) atoms. The highest BCUT2D eigenvalue weighted by molar-refractivity contribution is 5.76. The monoisotopic (exact) mass is 318 g/mol. The number of esters is 1. The molecule has 1 rings (SSSR count). The Hall–Kier alpha value is -2.83. The lowest BCUT2D eigenvalue weighted by Crippen LogP contribution is -2.20. The zero-order chi connectivity index (χ0) is 16.9. The van der Waals surface area contributed by atoms with Crippen LogP contribution in [0.1, 0.15) is 18.1 Å². The molecule has 118 valence electrons. The van der Waals surface area contributed by atoms with Crippen LogP contribution in [-0.2, 0) is 16.0 Å². The predicted octanol–water partition coefficient (Wildman–Crippen LogP) is 2.47. The minimum absolute atomic E-state index is 0.0366. The number of carbonyl (C=O) groups is 1. The number of rotatable bonds is 5. The van der Waals surface area contributed by atoms with E-state index in [1.54, 1.807) is 6.07 Å². The van der Waals surface area contributed by atoms with Gasteiger partial charge in [-0.3, -0.25) is 14.9 Å². The van der Waals surface area contributed by atoms with Gasteiger partial charge >= 0.3 is 18.0 Å². The van der Waals surface area contributed by atoms with Gasteiger partial charge < -0.3 is 9.47 Å². The van der Waals surface area contributed by atoms with Crippen molar-refractivity contribution in [1.29, 1.82) is 5.26 Å². The Bertz CT molecular complexity index is 637. The highest BCUT2D eigenvalue weighted by Gasteiger charge is 2.37. The van der Waals surface area contributed by atoms with Crippen LogP contribution in [0.25, 0.3) is 0 Å². The van der Waals surface area contributed by atoms with Crippen LogP contribution in [0.4, 0.5) is 18.9 Å². The average molecular weight is 318 g/mol. The number of alkyl halides is 3. The molecule has 7 nitrogen and oxygen atoms in total. The minimum atomic E-state index is -5.22. The highest BCUT2D eigenvalue weighted by Crippen LogP contribution is 2.37. The molecule has 0 aliphatic rings. The van der Waals surface area contributed by atoms with Gasteiger partial charge in [-0.2, -0.15) is 5.26 Å². The third kappa shape index (κ3) is 4.34. The maximum Gasteiger partial charge on any atom is 0.573 e. The van der Waals surface area contributed by atoms with E-state index in [0.29, 0.717) is 6.07 Å². The molecule has 0 heterocycles. The SMILES string of the molecule is CCOC(=O)Cc1c(C#N)ccc([N+](=O)[O-])c1OC(F)(F)F. The molecule has 0 aliphatic carbocycles. The molecule has 0 atom stereocenters. The first-order valence-corrected chi connectivity index (χ1v) is 5.81. The van der Waals surface area contributed by atoms with Gasteiger partial charge in [0, 0.05) is 11.6 Å². The molecule has 0 saturated heterocycles. The molecule has 0 amide bonds. The second kappa shape index (κ2) is 6.75. The van der Waals surface area contributed by atoms with E-state index in [-0.39, 0.29) is 12.2 Å². The Morgan fingerprint density at radius 1 is 1.45 bits per heavy atom. The number of nitriles is 1. The van der Waals surface area contributed by atoms with Crippen molar-refractivity contribution in [1.82, 2.24) is 0 Å². The molecule has 10 heteroatoms. The molecule has 0 unspecified atom stereocenters. The van der Waals surface area contributed by atoms with Gasteiger partial charge in [0.1, 0.15) is 0 Å². The van der Waals surface area contributed by atoms with Crippen molar-refractivity contribution in [2.24, 2.45) is 0 Å². The van der Waals surface area contributed by atoms with Gasteiger partial charge in [-0.1, -0.05) is 0 Å². The van der Waals surface area contributed by atoms with Crippen LogP contribution in [0, 0.1) is 21.4 Å². The largest absolute Gasteiger partial charge is 0.573 e. The van der Waals surface area contributed by atoms with Crippen molar-refractivity contribution in [2.45, 2.75) is 19.7 Å².